The first-order valence-electron chi connectivity index (χ1n) is 9.78. The van der Waals surface area contributed by atoms with E-state index in [1.54, 1.807) is 13.0 Å². The molecule has 1 heterocycles. The summed E-state index contributed by atoms with van der Waals surface area (Å²) in [6.45, 7) is 6.34. The molecule has 7 heteroatoms. The van der Waals surface area contributed by atoms with Crippen LogP contribution in [-0.2, 0) is 12.8 Å². The highest BCUT2D eigenvalue weighted by molar-refractivity contribution is 5.64. The van der Waals surface area contributed by atoms with Crippen LogP contribution in [0.3, 0.4) is 0 Å². The van der Waals surface area contributed by atoms with Gasteiger partial charge in [-0.3, -0.25) is 0 Å². The topological polar surface area (TPSA) is 38.2 Å². The van der Waals surface area contributed by atoms with Crippen molar-refractivity contribution in [3.8, 4) is 6.01 Å². The van der Waals surface area contributed by atoms with E-state index in [9.17, 15) is 13.2 Å². The average Bonchev–Trinajstić information content (AvgIpc) is 2.73. The summed E-state index contributed by atoms with van der Waals surface area (Å²) in [4.78, 5) is 9.48. The zero-order chi connectivity index (χ0) is 21.7. The Kier molecular flexibility index (Phi) is 6.59. The molecule has 3 rings (SSSR count). The molecule has 0 radical (unpaired) electrons. The van der Waals surface area contributed by atoms with Crippen molar-refractivity contribution in [1.82, 2.24) is 9.97 Å². The van der Waals surface area contributed by atoms with Crippen LogP contribution in [0.25, 0.3) is 0 Å². The predicted molar refractivity (Wildman–Crippen MR) is 111 cm³/mol. The Morgan fingerprint density at radius 1 is 1.03 bits per heavy atom. The van der Waals surface area contributed by atoms with E-state index in [0.717, 1.165) is 17.3 Å². The number of aromatic nitrogens is 2. The molecule has 0 aliphatic heterocycles. The Labute approximate surface area is 174 Å². The van der Waals surface area contributed by atoms with Crippen LogP contribution in [0.2, 0.25) is 0 Å². The summed E-state index contributed by atoms with van der Waals surface area (Å²) in [6.07, 6.45) is -3.80. The lowest BCUT2D eigenvalue weighted by molar-refractivity contribution is -0.137. The van der Waals surface area contributed by atoms with Crippen LogP contribution < -0.4 is 9.64 Å². The predicted octanol–water partition coefficient (Wildman–Crippen LogP) is 6.36. The van der Waals surface area contributed by atoms with Crippen LogP contribution in [-0.4, -0.2) is 16.5 Å². The van der Waals surface area contributed by atoms with Crippen molar-refractivity contribution in [2.75, 3.05) is 11.4 Å². The first-order valence-corrected chi connectivity index (χ1v) is 9.78. The van der Waals surface area contributed by atoms with Gasteiger partial charge in [-0.15, -0.1) is 0 Å². The molecular weight excluding hydrogens is 391 g/mol. The SMILES string of the molecule is CCN(c1cccc(C(C)C)c1)c1nc(OCc2ccccc2)ncc1C(F)(F)F. The molecule has 4 nitrogen and oxygen atoms in total. The lowest BCUT2D eigenvalue weighted by atomic mass is 10.0. The molecule has 1 aromatic heterocycles. The molecule has 0 aliphatic rings. The highest BCUT2D eigenvalue weighted by Gasteiger charge is 2.37. The molecule has 0 saturated heterocycles. The van der Waals surface area contributed by atoms with Crippen LogP contribution in [0.4, 0.5) is 24.7 Å². The van der Waals surface area contributed by atoms with Gasteiger partial charge >= 0.3 is 12.2 Å². The number of halogens is 3. The van der Waals surface area contributed by atoms with Crippen molar-refractivity contribution in [3.63, 3.8) is 0 Å². The first-order chi connectivity index (χ1) is 14.3. The number of anilines is 2. The number of hydrogen-bond donors (Lipinski definition) is 0. The summed E-state index contributed by atoms with van der Waals surface area (Å²) in [5.41, 5.74) is 1.65. The summed E-state index contributed by atoms with van der Waals surface area (Å²) in [6, 6.07) is 16.7. The van der Waals surface area contributed by atoms with Gasteiger partial charge in [-0.25, -0.2) is 4.98 Å². The molecule has 0 unspecified atom stereocenters. The molecule has 0 amide bonds. The molecule has 0 atom stereocenters. The highest BCUT2D eigenvalue weighted by Crippen LogP contribution is 2.38. The van der Waals surface area contributed by atoms with E-state index in [2.05, 4.69) is 9.97 Å². The van der Waals surface area contributed by atoms with Gasteiger partial charge < -0.3 is 9.64 Å². The summed E-state index contributed by atoms with van der Waals surface area (Å²) in [7, 11) is 0. The molecule has 0 spiro atoms. The number of hydrogen-bond acceptors (Lipinski definition) is 4. The second-order valence-electron chi connectivity index (χ2n) is 7.16. The Morgan fingerprint density at radius 3 is 2.40 bits per heavy atom. The maximum Gasteiger partial charge on any atom is 0.421 e. The minimum Gasteiger partial charge on any atom is -0.459 e. The van der Waals surface area contributed by atoms with Crippen LogP contribution in [0.1, 0.15) is 43.4 Å². The van der Waals surface area contributed by atoms with E-state index in [1.807, 2.05) is 62.4 Å². The summed E-state index contributed by atoms with van der Waals surface area (Å²) in [5, 5.41) is 0. The van der Waals surface area contributed by atoms with Crippen LogP contribution >= 0.6 is 0 Å². The van der Waals surface area contributed by atoms with Crippen molar-refractivity contribution in [3.05, 3.63) is 77.5 Å². The minimum absolute atomic E-state index is 0.0969. The van der Waals surface area contributed by atoms with Crippen molar-refractivity contribution >= 4 is 11.5 Å². The van der Waals surface area contributed by atoms with E-state index in [1.165, 1.54) is 4.90 Å². The number of alkyl halides is 3. The van der Waals surface area contributed by atoms with Crippen LogP contribution in [0.15, 0.2) is 60.8 Å². The molecule has 158 valence electrons. The van der Waals surface area contributed by atoms with Gasteiger partial charge in [0.25, 0.3) is 0 Å². The first kappa shape index (κ1) is 21.6. The summed E-state index contributed by atoms with van der Waals surface area (Å²) in [5.74, 6) is 0.0323. The third kappa shape index (κ3) is 5.09. The number of benzene rings is 2. The summed E-state index contributed by atoms with van der Waals surface area (Å²) >= 11 is 0. The summed E-state index contributed by atoms with van der Waals surface area (Å²) < 4.78 is 46.7. The number of ether oxygens (including phenoxy) is 1. The van der Waals surface area contributed by atoms with Gasteiger partial charge in [0, 0.05) is 18.4 Å². The molecule has 0 saturated carbocycles. The van der Waals surface area contributed by atoms with Gasteiger partial charge in [-0.2, -0.15) is 18.2 Å². The third-order valence-corrected chi connectivity index (χ3v) is 4.68. The third-order valence-electron chi connectivity index (χ3n) is 4.68. The Bertz CT molecular complexity index is 975. The van der Waals surface area contributed by atoms with Gasteiger partial charge in [-0.05, 0) is 36.1 Å². The zero-order valence-corrected chi connectivity index (χ0v) is 17.1. The maximum absolute atomic E-state index is 13.7. The Hall–Kier alpha value is -3.09. The van der Waals surface area contributed by atoms with Crippen molar-refractivity contribution < 1.29 is 17.9 Å². The van der Waals surface area contributed by atoms with E-state index in [-0.39, 0.29) is 24.4 Å². The quantitative estimate of drug-likeness (QED) is 0.450. The van der Waals surface area contributed by atoms with E-state index in [4.69, 9.17) is 4.74 Å². The van der Waals surface area contributed by atoms with Gasteiger partial charge in [0.2, 0.25) is 0 Å². The average molecular weight is 415 g/mol. The van der Waals surface area contributed by atoms with Gasteiger partial charge in [-0.1, -0.05) is 56.3 Å². The van der Waals surface area contributed by atoms with Gasteiger partial charge in [0.05, 0.1) is 0 Å². The normalized spacial score (nSPS) is 11.6. The van der Waals surface area contributed by atoms with E-state index < -0.39 is 11.7 Å². The monoisotopic (exact) mass is 415 g/mol. The van der Waals surface area contributed by atoms with Gasteiger partial charge in [0.15, 0.2) is 5.82 Å². The Balaban J connectivity index is 1.99. The van der Waals surface area contributed by atoms with E-state index in [0.29, 0.717) is 12.2 Å². The molecule has 0 bridgehead atoms. The fourth-order valence-corrected chi connectivity index (χ4v) is 3.06. The van der Waals surface area contributed by atoms with E-state index >= 15 is 0 Å². The molecule has 30 heavy (non-hydrogen) atoms. The smallest absolute Gasteiger partial charge is 0.421 e. The van der Waals surface area contributed by atoms with Crippen LogP contribution in [0, 0.1) is 0 Å². The standard InChI is InChI=1S/C23H24F3N3O/c1-4-29(19-12-8-11-18(13-19)16(2)3)21-20(23(24,25)26)14-27-22(28-21)30-15-17-9-6-5-7-10-17/h5-14,16H,4,15H2,1-3H3. The maximum atomic E-state index is 13.7. The highest BCUT2D eigenvalue weighted by atomic mass is 19.4. The van der Waals surface area contributed by atoms with Crippen molar-refractivity contribution in [2.45, 2.75) is 39.5 Å². The van der Waals surface area contributed by atoms with Crippen molar-refractivity contribution in [1.29, 1.82) is 0 Å². The second kappa shape index (κ2) is 9.15. The number of rotatable bonds is 7. The van der Waals surface area contributed by atoms with Crippen molar-refractivity contribution in [2.24, 2.45) is 0 Å². The molecular formula is C23H24F3N3O. The molecule has 0 N–H and O–H groups in total. The van der Waals surface area contributed by atoms with Crippen LogP contribution in [0.5, 0.6) is 6.01 Å². The zero-order valence-electron chi connectivity index (χ0n) is 17.1. The Morgan fingerprint density at radius 2 is 1.77 bits per heavy atom. The fourth-order valence-electron chi connectivity index (χ4n) is 3.06. The number of nitrogens with zero attached hydrogens (tertiary/aromatic N) is 3. The molecule has 0 fully saturated rings. The molecule has 3 aromatic rings. The molecule has 2 aromatic carbocycles. The second-order valence-corrected chi connectivity index (χ2v) is 7.16. The lowest BCUT2D eigenvalue weighted by Gasteiger charge is -2.26. The fraction of sp³-hybridized carbons (Fsp3) is 0.304. The van der Waals surface area contributed by atoms with Gasteiger partial charge in [0.1, 0.15) is 12.2 Å². The largest absolute Gasteiger partial charge is 0.459 e. The molecule has 0 aliphatic carbocycles. The lowest BCUT2D eigenvalue weighted by Crippen LogP contribution is -2.23. The minimum atomic E-state index is -4.59.